The third-order valence-corrected chi connectivity index (χ3v) is 4.47. The Labute approximate surface area is 140 Å². The number of carbonyl (C=O) groups is 1. The minimum absolute atomic E-state index is 0.165. The molecule has 2 heterocycles. The van der Waals surface area contributed by atoms with E-state index in [9.17, 15) is 4.79 Å². The zero-order valence-corrected chi connectivity index (χ0v) is 15.1. The highest BCUT2D eigenvalue weighted by Gasteiger charge is 2.30. The molecule has 0 aliphatic carbocycles. The van der Waals surface area contributed by atoms with Gasteiger partial charge in [0.1, 0.15) is 6.10 Å². The first-order valence-electron chi connectivity index (χ1n) is 8.77. The van der Waals surface area contributed by atoms with Gasteiger partial charge in [0.25, 0.3) is 5.91 Å². The van der Waals surface area contributed by atoms with Crippen LogP contribution < -0.4 is 5.32 Å². The van der Waals surface area contributed by atoms with Gasteiger partial charge in [-0.15, -0.1) is 0 Å². The lowest BCUT2D eigenvalue weighted by Crippen LogP contribution is -2.55. The molecule has 0 spiro atoms. The predicted octanol–water partition coefficient (Wildman–Crippen LogP) is 1.32. The molecule has 1 unspecified atom stereocenters. The summed E-state index contributed by atoms with van der Waals surface area (Å²) in [6.07, 6.45) is 2.77. The van der Waals surface area contributed by atoms with Crippen LogP contribution in [0.5, 0.6) is 0 Å². The molecule has 0 radical (unpaired) electrons. The summed E-state index contributed by atoms with van der Waals surface area (Å²) in [5.41, 5.74) is 0.318. The number of aliphatic imine (C=N–C) groups is 1. The molecule has 2 saturated heterocycles. The van der Waals surface area contributed by atoms with Crippen molar-refractivity contribution in [2.45, 2.75) is 46.1 Å². The molecule has 6 heteroatoms. The molecule has 6 nitrogen and oxygen atoms in total. The maximum atomic E-state index is 12.4. The SMILES string of the molecule is CN=C(NCCC(C)(C)C)N1CCN(C(=O)C2CCCO2)CC1. The molecule has 23 heavy (non-hydrogen) atoms. The van der Waals surface area contributed by atoms with Crippen LogP contribution in [0.25, 0.3) is 0 Å². The molecular weight excluding hydrogens is 292 g/mol. The van der Waals surface area contributed by atoms with E-state index in [0.29, 0.717) is 5.41 Å². The van der Waals surface area contributed by atoms with Crippen molar-refractivity contribution in [2.24, 2.45) is 10.4 Å². The average molecular weight is 324 g/mol. The molecule has 2 aliphatic heterocycles. The molecule has 0 aromatic heterocycles. The van der Waals surface area contributed by atoms with E-state index in [4.69, 9.17) is 4.74 Å². The van der Waals surface area contributed by atoms with Crippen molar-refractivity contribution in [3.05, 3.63) is 0 Å². The third kappa shape index (κ3) is 5.37. The Morgan fingerprint density at radius 1 is 1.22 bits per heavy atom. The number of hydrogen-bond donors (Lipinski definition) is 1. The summed E-state index contributed by atoms with van der Waals surface area (Å²) in [6.45, 7) is 11.5. The van der Waals surface area contributed by atoms with E-state index in [1.54, 1.807) is 0 Å². The van der Waals surface area contributed by atoms with Gasteiger partial charge in [0.2, 0.25) is 0 Å². The second-order valence-corrected chi connectivity index (χ2v) is 7.60. The van der Waals surface area contributed by atoms with E-state index < -0.39 is 0 Å². The fraction of sp³-hybridized carbons (Fsp3) is 0.882. The highest BCUT2D eigenvalue weighted by molar-refractivity contribution is 5.82. The van der Waals surface area contributed by atoms with Crippen molar-refractivity contribution in [3.63, 3.8) is 0 Å². The number of ether oxygens (including phenoxy) is 1. The first-order chi connectivity index (χ1) is 10.9. The lowest BCUT2D eigenvalue weighted by atomic mass is 9.92. The van der Waals surface area contributed by atoms with Crippen LogP contribution in [-0.4, -0.2) is 74.1 Å². The van der Waals surface area contributed by atoms with Gasteiger partial charge in [-0.1, -0.05) is 20.8 Å². The van der Waals surface area contributed by atoms with Crippen LogP contribution in [0, 0.1) is 5.41 Å². The van der Waals surface area contributed by atoms with Crippen LogP contribution in [0.2, 0.25) is 0 Å². The number of carbonyl (C=O) groups excluding carboxylic acids is 1. The Kier molecular flexibility index (Phi) is 6.27. The van der Waals surface area contributed by atoms with E-state index in [1.807, 2.05) is 11.9 Å². The number of piperazine rings is 1. The van der Waals surface area contributed by atoms with Gasteiger partial charge in [0.05, 0.1) is 0 Å². The van der Waals surface area contributed by atoms with Gasteiger partial charge >= 0.3 is 0 Å². The highest BCUT2D eigenvalue weighted by atomic mass is 16.5. The number of rotatable bonds is 3. The predicted molar refractivity (Wildman–Crippen MR) is 92.6 cm³/mol. The zero-order valence-electron chi connectivity index (χ0n) is 15.1. The lowest BCUT2D eigenvalue weighted by molar-refractivity contribution is -0.142. The molecule has 2 fully saturated rings. The van der Waals surface area contributed by atoms with Gasteiger partial charge in [0.15, 0.2) is 5.96 Å². The lowest BCUT2D eigenvalue weighted by Gasteiger charge is -2.37. The third-order valence-electron chi connectivity index (χ3n) is 4.47. The fourth-order valence-corrected chi connectivity index (χ4v) is 3.00. The van der Waals surface area contributed by atoms with E-state index in [0.717, 1.165) is 64.6 Å². The molecule has 0 aromatic rings. The molecule has 2 rings (SSSR count). The van der Waals surface area contributed by atoms with Crippen LogP contribution in [0.1, 0.15) is 40.0 Å². The Bertz CT molecular complexity index is 417. The van der Waals surface area contributed by atoms with Crippen molar-refractivity contribution in [1.82, 2.24) is 15.1 Å². The first-order valence-corrected chi connectivity index (χ1v) is 8.77. The average Bonchev–Trinajstić information content (AvgIpc) is 3.04. The smallest absolute Gasteiger partial charge is 0.251 e. The van der Waals surface area contributed by atoms with E-state index in [1.165, 1.54) is 0 Å². The highest BCUT2D eigenvalue weighted by Crippen LogP contribution is 2.18. The van der Waals surface area contributed by atoms with Crippen LogP contribution in [0.4, 0.5) is 0 Å². The molecule has 1 N–H and O–H groups in total. The maximum absolute atomic E-state index is 12.4. The minimum atomic E-state index is -0.203. The number of amides is 1. The van der Waals surface area contributed by atoms with Crippen LogP contribution in [0.15, 0.2) is 4.99 Å². The summed E-state index contributed by atoms with van der Waals surface area (Å²) in [5, 5.41) is 3.44. The standard InChI is InChI=1S/C17H32N4O2/c1-17(2,3)7-8-19-16(18-4)21-11-9-20(10-12-21)15(22)14-6-5-13-23-14/h14H,5-13H2,1-4H3,(H,18,19). The molecule has 1 atom stereocenters. The quantitative estimate of drug-likeness (QED) is 0.628. The summed E-state index contributed by atoms with van der Waals surface area (Å²) in [4.78, 5) is 20.9. The van der Waals surface area contributed by atoms with Gasteiger partial charge < -0.3 is 19.9 Å². The Morgan fingerprint density at radius 2 is 1.87 bits per heavy atom. The summed E-state index contributed by atoms with van der Waals surface area (Å²) in [6, 6.07) is 0. The normalized spacial score (nSPS) is 23.3. The molecule has 0 aromatic carbocycles. The van der Waals surface area contributed by atoms with Gasteiger partial charge in [0, 0.05) is 46.4 Å². The number of nitrogens with one attached hydrogen (secondary N) is 1. The van der Waals surface area contributed by atoms with Gasteiger partial charge in [-0.25, -0.2) is 0 Å². The second kappa shape index (κ2) is 7.99. The monoisotopic (exact) mass is 324 g/mol. The van der Waals surface area contributed by atoms with E-state index >= 15 is 0 Å². The molecule has 2 aliphatic rings. The van der Waals surface area contributed by atoms with E-state index in [2.05, 4.69) is 36.0 Å². The zero-order chi connectivity index (χ0) is 16.9. The summed E-state index contributed by atoms with van der Waals surface area (Å²) in [7, 11) is 1.82. The Balaban J connectivity index is 1.76. The largest absolute Gasteiger partial charge is 0.368 e. The van der Waals surface area contributed by atoms with Crippen molar-refractivity contribution in [3.8, 4) is 0 Å². The Morgan fingerprint density at radius 3 is 2.39 bits per heavy atom. The van der Waals surface area contributed by atoms with Crippen molar-refractivity contribution in [1.29, 1.82) is 0 Å². The summed E-state index contributed by atoms with van der Waals surface area (Å²) in [5.74, 6) is 1.11. The molecule has 1 amide bonds. The van der Waals surface area contributed by atoms with Gasteiger partial charge in [-0.3, -0.25) is 9.79 Å². The topological polar surface area (TPSA) is 57.2 Å². The maximum Gasteiger partial charge on any atom is 0.251 e. The molecule has 132 valence electrons. The first kappa shape index (κ1) is 18.0. The van der Waals surface area contributed by atoms with Crippen LogP contribution in [0.3, 0.4) is 0 Å². The van der Waals surface area contributed by atoms with Crippen molar-refractivity contribution in [2.75, 3.05) is 46.4 Å². The van der Waals surface area contributed by atoms with Crippen molar-refractivity contribution < 1.29 is 9.53 Å². The van der Waals surface area contributed by atoms with Crippen molar-refractivity contribution >= 4 is 11.9 Å². The van der Waals surface area contributed by atoms with Gasteiger partial charge in [-0.05, 0) is 24.7 Å². The summed E-state index contributed by atoms with van der Waals surface area (Å²) < 4.78 is 5.51. The van der Waals surface area contributed by atoms with Crippen LogP contribution >= 0.6 is 0 Å². The number of hydrogen-bond acceptors (Lipinski definition) is 3. The van der Waals surface area contributed by atoms with Crippen LogP contribution in [-0.2, 0) is 9.53 Å². The fourth-order valence-electron chi connectivity index (χ4n) is 3.00. The molecular formula is C17H32N4O2. The second-order valence-electron chi connectivity index (χ2n) is 7.60. The molecule has 0 saturated carbocycles. The summed E-state index contributed by atoms with van der Waals surface area (Å²) >= 11 is 0. The number of nitrogens with zero attached hydrogens (tertiary/aromatic N) is 3. The molecule has 0 bridgehead atoms. The van der Waals surface area contributed by atoms with Gasteiger partial charge in [-0.2, -0.15) is 0 Å². The Hall–Kier alpha value is -1.30. The number of guanidine groups is 1. The minimum Gasteiger partial charge on any atom is -0.368 e. The van der Waals surface area contributed by atoms with E-state index in [-0.39, 0.29) is 12.0 Å².